The maximum absolute atomic E-state index is 4.15. The second kappa shape index (κ2) is 9.90. The molecule has 0 bridgehead atoms. The van der Waals surface area contributed by atoms with E-state index in [0.717, 1.165) is 19.9 Å². The second-order valence-electron chi connectivity index (χ2n) is 5.47. The monoisotopic (exact) mass is 406 g/mol. The van der Waals surface area contributed by atoms with Crippen molar-refractivity contribution in [2.24, 2.45) is 0 Å². The molecule has 2 N–H and O–H groups in total. The van der Waals surface area contributed by atoms with Crippen molar-refractivity contribution in [3.63, 3.8) is 0 Å². The number of H-pyrrole nitrogens is 2. The fourth-order valence-corrected chi connectivity index (χ4v) is 4.36. The summed E-state index contributed by atoms with van der Waals surface area (Å²) < 4.78 is 2.20. The van der Waals surface area contributed by atoms with E-state index in [-0.39, 0.29) is 0 Å². The van der Waals surface area contributed by atoms with Crippen molar-refractivity contribution in [2.45, 2.75) is 12.8 Å². The van der Waals surface area contributed by atoms with Gasteiger partial charge < -0.3 is 0 Å². The predicted molar refractivity (Wildman–Crippen MR) is 96.7 cm³/mol. The van der Waals surface area contributed by atoms with Crippen molar-refractivity contribution in [3.8, 4) is 0 Å². The number of benzene rings is 2. The summed E-state index contributed by atoms with van der Waals surface area (Å²) in [6.45, 7) is 0. The number of imidazole rings is 2. The van der Waals surface area contributed by atoms with Gasteiger partial charge in [-0.15, -0.1) is 0 Å². The molecule has 0 radical (unpaired) electrons. The summed E-state index contributed by atoms with van der Waals surface area (Å²) in [6.07, 6.45) is 9.51. The molecule has 4 nitrogen and oxygen atoms in total. The summed E-state index contributed by atoms with van der Waals surface area (Å²) in [6, 6.07) is 21.2. The second-order valence-corrected chi connectivity index (χ2v) is 8.41. The molecule has 124 valence electrons. The Morgan fingerprint density at radius 3 is 1.44 bits per heavy atom. The smallest absolute Gasteiger partial charge is 0.0238 e. The minimum atomic E-state index is -0.756. The van der Waals surface area contributed by atoms with E-state index in [1.165, 1.54) is 11.1 Å². The van der Waals surface area contributed by atoms with E-state index < -0.39 is 23.2 Å². The Bertz CT molecular complexity index is 741. The Labute approximate surface area is 159 Å². The molecule has 0 aliphatic rings. The molecule has 2 aromatic heterocycles. The number of aromatic amines is 2. The zero-order valence-electron chi connectivity index (χ0n) is 13.9. The van der Waals surface area contributed by atoms with Gasteiger partial charge in [-0.2, -0.15) is 0 Å². The molecule has 0 atom stereocenters. The van der Waals surface area contributed by atoms with Gasteiger partial charge in [-0.05, 0) is 24.0 Å². The molecule has 5 heteroatoms. The Morgan fingerprint density at radius 1 is 0.640 bits per heavy atom. The molecular formula is C20H20N4Zr. The van der Waals surface area contributed by atoms with Gasteiger partial charge in [0.1, 0.15) is 0 Å². The summed E-state index contributed by atoms with van der Waals surface area (Å²) in [5, 5.41) is 0. The maximum Gasteiger partial charge on any atom is -0.0238 e. The van der Waals surface area contributed by atoms with Crippen LogP contribution in [0.25, 0.3) is 0 Å². The number of hydrogen-bond donors (Lipinski definition) is 2. The van der Waals surface area contributed by atoms with Gasteiger partial charge in [0.25, 0.3) is 0 Å². The standard InChI is InChI=1S/C14H14.2C3H3N2.Zr/c1-3-7-13(8-4-1)11-12-14-9-5-2-6-10-14;2*1-2-5-3-4-1;/h1-10H,11-12H2;2*1-2H,(H,4,5);. The van der Waals surface area contributed by atoms with E-state index in [2.05, 4.69) is 80.6 Å². The van der Waals surface area contributed by atoms with Crippen LogP contribution in [0.3, 0.4) is 0 Å². The van der Waals surface area contributed by atoms with Gasteiger partial charge in [0, 0.05) is 0 Å². The first-order chi connectivity index (χ1) is 12.4. The first kappa shape index (κ1) is 17.6. The SMILES string of the molecule is c1c[nH][c]([Zr][c]2ncc[nH]2)n1.c1ccc(CCc2ccccc2)cc1. The fraction of sp³-hybridized carbons (Fsp3) is 0.100. The van der Waals surface area contributed by atoms with Gasteiger partial charge in [-0.3, -0.25) is 0 Å². The summed E-state index contributed by atoms with van der Waals surface area (Å²) >= 11 is -0.756. The molecular weight excluding hydrogens is 387 g/mol. The molecule has 0 aliphatic carbocycles. The van der Waals surface area contributed by atoms with Crippen LogP contribution in [0.5, 0.6) is 0 Å². The first-order valence-electron chi connectivity index (χ1n) is 8.24. The van der Waals surface area contributed by atoms with Crippen LogP contribution in [0.15, 0.2) is 85.5 Å². The van der Waals surface area contributed by atoms with E-state index in [0.29, 0.717) is 0 Å². The Balaban J connectivity index is 0.000000150. The molecule has 2 aromatic carbocycles. The van der Waals surface area contributed by atoms with Gasteiger partial charge in [-0.1, -0.05) is 60.7 Å². The largest absolute Gasteiger partial charge is 0.0622 e. The van der Waals surface area contributed by atoms with Crippen LogP contribution in [0, 0.1) is 0 Å². The van der Waals surface area contributed by atoms with Gasteiger partial charge in [0.05, 0.1) is 0 Å². The van der Waals surface area contributed by atoms with Crippen LogP contribution in [0.1, 0.15) is 11.1 Å². The Kier molecular flexibility index (Phi) is 6.95. The normalized spacial score (nSPS) is 9.92. The molecule has 2 heterocycles. The van der Waals surface area contributed by atoms with Crippen molar-refractivity contribution in [1.82, 2.24) is 19.9 Å². The van der Waals surface area contributed by atoms with Crippen molar-refractivity contribution in [1.29, 1.82) is 0 Å². The summed E-state index contributed by atoms with van der Waals surface area (Å²) in [5.41, 5.74) is 2.83. The summed E-state index contributed by atoms with van der Waals surface area (Å²) in [5.74, 6) is 0. The average Bonchev–Trinajstić information content (AvgIpc) is 3.37. The molecule has 25 heavy (non-hydrogen) atoms. The maximum atomic E-state index is 4.15. The van der Waals surface area contributed by atoms with Crippen molar-refractivity contribution < 1.29 is 23.2 Å². The molecule has 0 spiro atoms. The zero-order chi connectivity index (χ0) is 17.2. The topological polar surface area (TPSA) is 57.4 Å². The van der Waals surface area contributed by atoms with E-state index in [1.807, 2.05) is 12.4 Å². The van der Waals surface area contributed by atoms with Crippen molar-refractivity contribution >= 4 is 7.06 Å². The van der Waals surface area contributed by atoms with Crippen molar-refractivity contribution in [3.05, 3.63) is 96.6 Å². The first-order valence-corrected chi connectivity index (χ1v) is 10.7. The van der Waals surface area contributed by atoms with E-state index in [1.54, 1.807) is 12.4 Å². The molecule has 0 unspecified atom stereocenters. The minimum absolute atomic E-state index is 0.756. The number of hydrogen-bond acceptors (Lipinski definition) is 2. The fourth-order valence-electron chi connectivity index (χ4n) is 2.36. The third-order valence-corrected chi connectivity index (χ3v) is 6.13. The number of aryl methyl sites for hydroxylation is 2. The number of aromatic nitrogens is 4. The summed E-state index contributed by atoms with van der Waals surface area (Å²) in [4.78, 5) is 14.5. The van der Waals surface area contributed by atoms with E-state index in [4.69, 9.17) is 0 Å². The molecule has 4 aromatic rings. The molecule has 0 fully saturated rings. The molecule has 0 aliphatic heterocycles. The predicted octanol–water partition coefficient (Wildman–Crippen LogP) is 2.64. The van der Waals surface area contributed by atoms with Crippen LogP contribution in [-0.4, -0.2) is 19.9 Å². The Morgan fingerprint density at radius 2 is 1.08 bits per heavy atom. The molecule has 0 amide bonds. The van der Waals surface area contributed by atoms with Gasteiger partial charge in [-0.25, -0.2) is 0 Å². The number of nitrogens with one attached hydrogen (secondary N) is 2. The number of nitrogens with zero attached hydrogens (tertiary/aromatic N) is 2. The molecule has 0 saturated heterocycles. The average molecular weight is 408 g/mol. The third kappa shape index (κ3) is 6.28. The van der Waals surface area contributed by atoms with Crippen molar-refractivity contribution in [2.75, 3.05) is 0 Å². The van der Waals surface area contributed by atoms with Crippen LogP contribution >= 0.6 is 0 Å². The molecule has 0 saturated carbocycles. The minimum Gasteiger partial charge on any atom is -0.0622 e. The third-order valence-electron chi connectivity index (χ3n) is 3.62. The van der Waals surface area contributed by atoms with Gasteiger partial charge in [0.15, 0.2) is 0 Å². The van der Waals surface area contributed by atoms with Crippen LogP contribution < -0.4 is 7.06 Å². The van der Waals surface area contributed by atoms with E-state index >= 15 is 0 Å². The van der Waals surface area contributed by atoms with Crippen LogP contribution in [0.4, 0.5) is 0 Å². The summed E-state index contributed by atoms with van der Waals surface area (Å²) in [7, 11) is 0. The Hall–Kier alpha value is -2.26. The molecule has 4 rings (SSSR count). The zero-order valence-corrected chi connectivity index (χ0v) is 16.3. The van der Waals surface area contributed by atoms with E-state index in [9.17, 15) is 0 Å². The number of rotatable bonds is 5. The van der Waals surface area contributed by atoms with Crippen LogP contribution in [-0.2, 0) is 36.1 Å². The quantitative estimate of drug-likeness (QED) is 0.534. The van der Waals surface area contributed by atoms with Gasteiger partial charge >= 0.3 is 75.0 Å². The van der Waals surface area contributed by atoms with Gasteiger partial charge in [0.2, 0.25) is 0 Å². The van der Waals surface area contributed by atoms with Crippen LogP contribution in [0.2, 0.25) is 0 Å².